The number of hydrogen-bond acceptors (Lipinski definition) is 5. The van der Waals surface area contributed by atoms with Crippen LogP contribution in [0.25, 0.3) is 0 Å². The lowest BCUT2D eigenvalue weighted by atomic mass is 9.73. The van der Waals surface area contributed by atoms with Crippen molar-refractivity contribution in [1.82, 2.24) is 0 Å². The fourth-order valence-electron chi connectivity index (χ4n) is 4.27. The Hall–Kier alpha value is -2.47. The first kappa shape index (κ1) is 16.0. The predicted octanol–water partition coefficient (Wildman–Crippen LogP) is 2.09. The van der Waals surface area contributed by atoms with Gasteiger partial charge >= 0.3 is 5.97 Å². The topological polar surface area (TPSA) is 72.9 Å². The molecule has 25 heavy (non-hydrogen) atoms. The van der Waals surface area contributed by atoms with Crippen molar-refractivity contribution in [3.63, 3.8) is 0 Å². The number of carbonyl (C=O) groups is 3. The van der Waals surface area contributed by atoms with Crippen LogP contribution in [0.2, 0.25) is 0 Å². The van der Waals surface area contributed by atoms with Crippen LogP contribution in [0.1, 0.15) is 31.1 Å². The Bertz CT molecular complexity index is 795. The molecule has 0 aromatic heterocycles. The molecule has 2 saturated heterocycles. The maximum atomic E-state index is 13.0. The van der Waals surface area contributed by atoms with Crippen molar-refractivity contribution in [2.45, 2.75) is 32.0 Å². The first-order valence-corrected chi connectivity index (χ1v) is 8.36. The number of anilines is 1. The van der Waals surface area contributed by atoms with E-state index in [1.807, 2.05) is 26.0 Å². The molecule has 1 aromatic rings. The second kappa shape index (κ2) is 5.02. The number of benzene rings is 1. The first-order chi connectivity index (χ1) is 11.8. The average molecular weight is 341 g/mol. The summed E-state index contributed by atoms with van der Waals surface area (Å²) in [6.07, 6.45) is 3.75. The van der Waals surface area contributed by atoms with Gasteiger partial charge in [-0.25, -0.2) is 9.69 Å². The molecule has 3 heterocycles. The zero-order chi connectivity index (χ0) is 18.0. The Balaban J connectivity index is 1.72. The summed E-state index contributed by atoms with van der Waals surface area (Å²) in [7, 11) is 0. The van der Waals surface area contributed by atoms with E-state index in [0.29, 0.717) is 11.3 Å². The van der Waals surface area contributed by atoms with Crippen LogP contribution in [-0.4, -0.2) is 35.6 Å². The highest BCUT2D eigenvalue weighted by Gasteiger charge is 2.70. The summed E-state index contributed by atoms with van der Waals surface area (Å²) in [5, 5.41) is 0. The van der Waals surface area contributed by atoms with Crippen molar-refractivity contribution >= 4 is 23.5 Å². The van der Waals surface area contributed by atoms with E-state index >= 15 is 0 Å². The molecule has 6 nitrogen and oxygen atoms in total. The summed E-state index contributed by atoms with van der Waals surface area (Å²) < 4.78 is 11.0. The second-order valence-corrected chi connectivity index (χ2v) is 7.04. The van der Waals surface area contributed by atoms with Crippen molar-refractivity contribution in [1.29, 1.82) is 0 Å². The number of imide groups is 1. The van der Waals surface area contributed by atoms with Crippen molar-refractivity contribution in [2.75, 3.05) is 11.5 Å². The maximum absolute atomic E-state index is 13.0. The number of rotatable bonds is 3. The zero-order valence-corrected chi connectivity index (χ0v) is 14.3. The smallest absolute Gasteiger partial charge is 0.338 e. The van der Waals surface area contributed by atoms with Crippen LogP contribution in [-0.2, 0) is 19.1 Å². The highest BCUT2D eigenvalue weighted by atomic mass is 16.5. The Morgan fingerprint density at radius 2 is 1.76 bits per heavy atom. The molecule has 0 spiro atoms. The van der Waals surface area contributed by atoms with Crippen LogP contribution < -0.4 is 4.90 Å². The minimum absolute atomic E-state index is 0.258. The summed E-state index contributed by atoms with van der Waals surface area (Å²) in [5.74, 6) is -2.13. The molecule has 0 radical (unpaired) electrons. The number of amides is 2. The molecule has 1 aromatic carbocycles. The third-order valence-corrected chi connectivity index (χ3v) is 5.34. The second-order valence-electron chi connectivity index (χ2n) is 7.04. The van der Waals surface area contributed by atoms with Crippen molar-refractivity contribution < 1.29 is 23.9 Å². The number of ether oxygens (including phenoxy) is 2. The number of hydrogen-bond donors (Lipinski definition) is 0. The molecule has 6 heteroatoms. The molecule has 4 atom stereocenters. The van der Waals surface area contributed by atoms with E-state index in [0.717, 1.165) is 0 Å². The SMILES string of the molecule is CCOC(=O)c1cccc(N2C(=O)[C@@H]3[C@H](C2=O)[C@]2(C)C=C[C@]3(C)O2)c1. The van der Waals surface area contributed by atoms with Crippen molar-refractivity contribution in [3.8, 4) is 0 Å². The predicted molar refractivity (Wildman–Crippen MR) is 88.9 cm³/mol. The van der Waals surface area contributed by atoms with Crippen LogP contribution in [0.15, 0.2) is 36.4 Å². The van der Waals surface area contributed by atoms with Crippen LogP contribution in [0.3, 0.4) is 0 Å². The summed E-state index contributed by atoms with van der Waals surface area (Å²) in [6, 6.07) is 6.42. The molecular weight excluding hydrogens is 322 g/mol. The Kier molecular flexibility index (Phi) is 3.22. The normalized spacial score (nSPS) is 35.4. The summed E-state index contributed by atoms with van der Waals surface area (Å²) in [6.45, 7) is 5.65. The van der Waals surface area contributed by atoms with Gasteiger partial charge in [0.05, 0.1) is 40.9 Å². The van der Waals surface area contributed by atoms with E-state index < -0.39 is 29.0 Å². The summed E-state index contributed by atoms with van der Waals surface area (Å²) in [4.78, 5) is 39.2. The molecule has 3 aliphatic rings. The lowest BCUT2D eigenvalue weighted by molar-refractivity contribution is -0.128. The highest BCUT2D eigenvalue weighted by Crippen LogP contribution is 2.57. The molecule has 2 amide bonds. The number of fused-ring (bicyclic) bond motifs is 5. The molecule has 0 saturated carbocycles. The minimum Gasteiger partial charge on any atom is -0.462 e. The van der Waals surface area contributed by atoms with E-state index in [-0.39, 0.29) is 18.4 Å². The molecule has 0 unspecified atom stereocenters. The highest BCUT2D eigenvalue weighted by molar-refractivity contribution is 6.23. The van der Waals surface area contributed by atoms with Crippen molar-refractivity contribution in [3.05, 3.63) is 42.0 Å². The zero-order valence-electron chi connectivity index (χ0n) is 14.3. The first-order valence-electron chi connectivity index (χ1n) is 8.36. The summed E-state index contributed by atoms with van der Waals surface area (Å²) in [5.41, 5.74) is -0.826. The van der Waals surface area contributed by atoms with Gasteiger partial charge in [-0.05, 0) is 39.0 Å². The third-order valence-electron chi connectivity index (χ3n) is 5.34. The molecule has 130 valence electrons. The van der Waals surface area contributed by atoms with Crippen LogP contribution in [0.5, 0.6) is 0 Å². The third kappa shape index (κ3) is 2.03. The largest absolute Gasteiger partial charge is 0.462 e. The molecule has 0 aliphatic carbocycles. The van der Waals surface area contributed by atoms with Crippen LogP contribution in [0.4, 0.5) is 5.69 Å². The standard InChI is InChI=1S/C19H19NO5/c1-4-24-17(23)11-6-5-7-12(10-11)20-15(21)13-14(16(20)22)19(3)9-8-18(13,2)25-19/h5-10,13-14H,4H2,1-3H3/t13-,14+,18-,19-/m0/s1. The minimum atomic E-state index is -0.764. The van der Waals surface area contributed by atoms with Crippen LogP contribution in [0, 0.1) is 11.8 Å². The molecule has 0 N–H and O–H groups in total. The van der Waals surface area contributed by atoms with Gasteiger partial charge in [0, 0.05) is 0 Å². The lowest BCUT2D eigenvalue weighted by Crippen LogP contribution is -2.39. The molecule has 3 aliphatic heterocycles. The van der Waals surface area contributed by atoms with E-state index in [9.17, 15) is 14.4 Å². The quantitative estimate of drug-likeness (QED) is 0.478. The number of esters is 1. The Morgan fingerprint density at radius 3 is 2.32 bits per heavy atom. The molecule has 2 bridgehead atoms. The Labute approximate surface area is 145 Å². The number of nitrogens with zero attached hydrogens (tertiary/aromatic N) is 1. The van der Waals surface area contributed by atoms with Gasteiger partial charge in [-0.2, -0.15) is 0 Å². The van der Waals surface area contributed by atoms with Gasteiger partial charge in [0.25, 0.3) is 0 Å². The van der Waals surface area contributed by atoms with E-state index in [2.05, 4.69) is 0 Å². The van der Waals surface area contributed by atoms with Crippen LogP contribution >= 0.6 is 0 Å². The fraction of sp³-hybridized carbons (Fsp3) is 0.421. The van der Waals surface area contributed by atoms with Gasteiger partial charge in [0.15, 0.2) is 0 Å². The van der Waals surface area contributed by atoms with Gasteiger partial charge in [-0.1, -0.05) is 18.2 Å². The summed E-state index contributed by atoms with van der Waals surface area (Å²) >= 11 is 0. The lowest BCUT2D eigenvalue weighted by Gasteiger charge is -2.25. The maximum Gasteiger partial charge on any atom is 0.338 e. The van der Waals surface area contributed by atoms with Gasteiger partial charge in [-0.15, -0.1) is 0 Å². The average Bonchev–Trinajstić information content (AvgIpc) is 3.12. The van der Waals surface area contributed by atoms with Gasteiger partial charge < -0.3 is 9.47 Å². The monoisotopic (exact) mass is 341 g/mol. The van der Waals surface area contributed by atoms with Gasteiger partial charge in [0.1, 0.15) is 0 Å². The fourth-order valence-corrected chi connectivity index (χ4v) is 4.27. The molecule has 2 fully saturated rings. The molecule has 4 rings (SSSR count). The van der Waals surface area contributed by atoms with E-state index in [1.54, 1.807) is 25.1 Å². The Morgan fingerprint density at radius 1 is 1.16 bits per heavy atom. The van der Waals surface area contributed by atoms with E-state index in [4.69, 9.17) is 9.47 Å². The van der Waals surface area contributed by atoms with Crippen molar-refractivity contribution in [2.24, 2.45) is 11.8 Å². The van der Waals surface area contributed by atoms with Gasteiger partial charge in [-0.3, -0.25) is 9.59 Å². The molecular formula is C19H19NO5. The van der Waals surface area contributed by atoms with Gasteiger partial charge in [0.2, 0.25) is 11.8 Å². The number of carbonyl (C=O) groups excluding carboxylic acids is 3. The van der Waals surface area contributed by atoms with E-state index in [1.165, 1.54) is 11.0 Å².